The van der Waals surface area contributed by atoms with Crippen LogP contribution in [0.25, 0.3) is 0 Å². The number of hydrogen-bond acceptors (Lipinski definition) is 4. The van der Waals surface area contributed by atoms with Crippen molar-refractivity contribution in [2.75, 3.05) is 25.9 Å². The Morgan fingerprint density at radius 3 is 2.61 bits per heavy atom. The van der Waals surface area contributed by atoms with Crippen LogP contribution in [0, 0.1) is 13.8 Å². The standard InChI is InChI=1S/C13H26N4O/c1-5-6-7-16(4)8-12(18)9-17-11(3)13(14)10(2)15-17/h12,18H,5-9,14H2,1-4H3. The highest BCUT2D eigenvalue weighted by Crippen LogP contribution is 2.15. The normalized spacial score (nSPS) is 13.2. The maximum absolute atomic E-state index is 10.1. The minimum absolute atomic E-state index is 0.413. The maximum Gasteiger partial charge on any atom is 0.0862 e. The van der Waals surface area contributed by atoms with Gasteiger partial charge in [-0.05, 0) is 33.9 Å². The summed E-state index contributed by atoms with van der Waals surface area (Å²) >= 11 is 0. The van der Waals surface area contributed by atoms with E-state index in [2.05, 4.69) is 16.9 Å². The molecular weight excluding hydrogens is 228 g/mol. The summed E-state index contributed by atoms with van der Waals surface area (Å²) in [6.45, 7) is 8.18. The lowest BCUT2D eigenvalue weighted by Gasteiger charge is -2.20. The largest absolute Gasteiger partial charge is 0.396 e. The van der Waals surface area contributed by atoms with Crippen molar-refractivity contribution in [3.8, 4) is 0 Å². The summed E-state index contributed by atoms with van der Waals surface area (Å²) in [5, 5.41) is 14.4. The number of hydrogen-bond donors (Lipinski definition) is 2. The van der Waals surface area contributed by atoms with Crippen LogP contribution in [0.4, 0.5) is 5.69 Å². The Hall–Kier alpha value is -1.07. The van der Waals surface area contributed by atoms with E-state index in [1.807, 2.05) is 20.9 Å². The Morgan fingerprint density at radius 1 is 1.44 bits per heavy atom. The molecule has 0 bridgehead atoms. The lowest BCUT2D eigenvalue weighted by Crippen LogP contribution is -2.33. The number of aliphatic hydroxyl groups is 1. The number of aliphatic hydroxyl groups excluding tert-OH is 1. The van der Waals surface area contributed by atoms with Crippen LogP contribution in [0.1, 0.15) is 31.2 Å². The molecule has 0 fully saturated rings. The molecule has 0 amide bonds. The second-order valence-corrected chi connectivity index (χ2v) is 5.04. The maximum atomic E-state index is 10.1. The second-order valence-electron chi connectivity index (χ2n) is 5.04. The molecule has 104 valence electrons. The van der Waals surface area contributed by atoms with Crippen molar-refractivity contribution in [1.82, 2.24) is 14.7 Å². The quantitative estimate of drug-likeness (QED) is 0.766. The van der Waals surface area contributed by atoms with Crippen LogP contribution < -0.4 is 5.73 Å². The van der Waals surface area contributed by atoms with Crippen LogP contribution in [0.3, 0.4) is 0 Å². The first kappa shape index (κ1) is 15.0. The average molecular weight is 254 g/mol. The van der Waals surface area contributed by atoms with Gasteiger partial charge in [0.1, 0.15) is 0 Å². The Morgan fingerprint density at radius 2 is 2.11 bits per heavy atom. The number of unbranched alkanes of at least 4 members (excludes halogenated alkanes) is 1. The molecule has 1 aromatic rings. The number of nitrogens with zero attached hydrogens (tertiary/aromatic N) is 3. The van der Waals surface area contributed by atoms with E-state index in [9.17, 15) is 5.11 Å². The molecule has 0 aliphatic heterocycles. The summed E-state index contributed by atoms with van der Waals surface area (Å²) in [5.41, 5.74) is 8.36. The van der Waals surface area contributed by atoms with Gasteiger partial charge in [0.2, 0.25) is 0 Å². The van der Waals surface area contributed by atoms with Gasteiger partial charge in [-0.15, -0.1) is 0 Å². The lowest BCUT2D eigenvalue weighted by molar-refractivity contribution is 0.105. The molecule has 3 N–H and O–H groups in total. The summed E-state index contributed by atoms with van der Waals surface area (Å²) in [7, 11) is 2.04. The van der Waals surface area contributed by atoms with Gasteiger partial charge >= 0.3 is 0 Å². The smallest absolute Gasteiger partial charge is 0.0862 e. The lowest BCUT2D eigenvalue weighted by atomic mass is 10.2. The van der Waals surface area contributed by atoms with Gasteiger partial charge < -0.3 is 15.7 Å². The zero-order chi connectivity index (χ0) is 13.7. The van der Waals surface area contributed by atoms with Crippen molar-refractivity contribution in [3.05, 3.63) is 11.4 Å². The van der Waals surface area contributed by atoms with Crippen LogP contribution in [-0.4, -0.2) is 46.0 Å². The highest BCUT2D eigenvalue weighted by molar-refractivity contribution is 5.46. The van der Waals surface area contributed by atoms with Gasteiger partial charge in [0.25, 0.3) is 0 Å². The summed E-state index contributed by atoms with van der Waals surface area (Å²) in [6, 6.07) is 0. The third-order valence-corrected chi connectivity index (χ3v) is 3.24. The molecule has 1 rings (SSSR count). The van der Waals surface area contributed by atoms with Crippen LogP contribution in [0.15, 0.2) is 0 Å². The molecule has 1 aromatic heterocycles. The van der Waals surface area contributed by atoms with Crippen LogP contribution in [-0.2, 0) is 6.54 Å². The third kappa shape index (κ3) is 3.99. The van der Waals surface area contributed by atoms with Gasteiger partial charge in [0.05, 0.1) is 29.7 Å². The van der Waals surface area contributed by atoms with E-state index >= 15 is 0 Å². The fraction of sp³-hybridized carbons (Fsp3) is 0.769. The van der Waals surface area contributed by atoms with Gasteiger partial charge in [-0.1, -0.05) is 13.3 Å². The Labute approximate surface area is 110 Å². The average Bonchev–Trinajstić information content (AvgIpc) is 2.54. The minimum atomic E-state index is -0.413. The Balaban J connectivity index is 2.49. The fourth-order valence-electron chi connectivity index (χ4n) is 2.02. The summed E-state index contributed by atoms with van der Waals surface area (Å²) in [4.78, 5) is 2.16. The number of nitrogens with two attached hydrogens (primary N) is 1. The minimum Gasteiger partial charge on any atom is -0.396 e. The van der Waals surface area contributed by atoms with Gasteiger partial charge in [-0.3, -0.25) is 4.68 Å². The fourth-order valence-corrected chi connectivity index (χ4v) is 2.02. The zero-order valence-electron chi connectivity index (χ0n) is 12.0. The molecule has 0 spiro atoms. The predicted molar refractivity (Wildman–Crippen MR) is 74.5 cm³/mol. The van der Waals surface area contributed by atoms with Crippen molar-refractivity contribution in [1.29, 1.82) is 0 Å². The number of aryl methyl sites for hydroxylation is 1. The van der Waals surface area contributed by atoms with Gasteiger partial charge in [-0.25, -0.2) is 0 Å². The molecular formula is C13H26N4O. The molecule has 0 aliphatic rings. The van der Waals surface area contributed by atoms with Gasteiger partial charge in [0.15, 0.2) is 0 Å². The highest BCUT2D eigenvalue weighted by atomic mass is 16.3. The predicted octanol–water partition coefficient (Wildman–Crippen LogP) is 1.17. The molecule has 1 unspecified atom stereocenters. The topological polar surface area (TPSA) is 67.3 Å². The van der Waals surface area contributed by atoms with Crippen molar-refractivity contribution >= 4 is 5.69 Å². The van der Waals surface area contributed by atoms with Crippen LogP contribution >= 0.6 is 0 Å². The van der Waals surface area contributed by atoms with Gasteiger partial charge in [-0.2, -0.15) is 5.10 Å². The molecule has 0 saturated carbocycles. The first-order valence-corrected chi connectivity index (χ1v) is 6.61. The number of likely N-dealkylation sites (N-methyl/N-ethyl adjacent to an activating group) is 1. The highest BCUT2D eigenvalue weighted by Gasteiger charge is 2.13. The summed E-state index contributed by atoms with van der Waals surface area (Å²) in [6.07, 6.45) is 1.93. The van der Waals surface area contributed by atoms with Crippen molar-refractivity contribution in [2.24, 2.45) is 0 Å². The summed E-state index contributed by atoms with van der Waals surface area (Å²) in [5.74, 6) is 0. The second kappa shape index (κ2) is 6.75. The Kier molecular flexibility index (Phi) is 5.62. The van der Waals surface area contributed by atoms with Crippen molar-refractivity contribution < 1.29 is 5.11 Å². The summed E-state index contributed by atoms with van der Waals surface area (Å²) < 4.78 is 1.79. The number of rotatable bonds is 7. The van der Waals surface area contributed by atoms with Gasteiger partial charge in [0, 0.05) is 6.54 Å². The van der Waals surface area contributed by atoms with E-state index in [1.54, 1.807) is 4.68 Å². The van der Waals surface area contributed by atoms with E-state index in [-0.39, 0.29) is 0 Å². The van der Waals surface area contributed by atoms with E-state index in [4.69, 9.17) is 5.73 Å². The van der Waals surface area contributed by atoms with Crippen molar-refractivity contribution in [3.63, 3.8) is 0 Å². The van der Waals surface area contributed by atoms with E-state index in [1.165, 1.54) is 6.42 Å². The van der Waals surface area contributed by atoms with E-state index in [0.29, 0.717) is 13.1 Å². The molecule has 0 aromatic carbocycles. The zero-order valence-corrected chi connectivity index (χ0v) is 12.0. The monoisotopic (exact) mass is 254 g/mol. The molecule has 0 saturated heterocycles. The molecule has 1 atom stereocenters. The van der Waals surface area contributed by atoms with E-state index in [0.717, 1.165) is 30.0 Å². The molecule has 5 nitrogen and oxygen atoms in total. The first-order valence-electron chi connectivity index (χ1n) is 6.61. The first-order chi connectivity index (χ1) is 8.45. The molecule has 0 aliphatic carbocycles. The van der Waals surface area contributed by atoms with E-state index < -0.39 is 6.10 Å². The van der Waals surface area contributed by atoms with Crippen LogP contribution in [0.5, 0.6) is 0 Å². The van der Waals surface area contributed by atoms with Crippen LogP contribution in [0.2, 0.25) is 0 Å². The molecule has 1 heterocycles. The molecule has 0 radical (unpaired) electrons. The Bertz CT molecular complexity index is 375. The number of nitrogen functional groups attached to an aromatic ring is 1. The number of anilines is 1. The SMILES string of the molecule is CCCCN(C)CC(O)Cn1nc(C)c(N)c1C. The molecule has 18 heavy (non-hydrogen) atoms. The number of aromatic nitrogens is 2. The molecule has 5 heteroatoms. The third-order valence-electron chi connectivity index (χ3n) is 3.24. The van der Waals surface area contributed by atoms with Crippen molar-refractivity contribution in [2.45, 2.75) is 46.3 Å².